The number of hydrogen-bond acceptors (Lipinski definition) is 2. The van der Waals surface area contributed by atoms with Gasteiger partial charge >= 0.3 is 0 Å². The van der Waals surface area contributed by atoms with Gasteiger partial charge in [0.15, 0.2) is 0 Å². The molecule has 0 aromatic carbocycles. The van der Waals surface area contributed by atoms with Gasteiger partial charge in [-0.1, -0.05) is 0 Å². The zero-order chi connectivity index (χ0) is 4.99. The molecule has 0 aromatic rings. The Morgan fingerprint density at radius 3 is 2.33 bits per heavy atom. The fourth-order valence-electron chi connectivity index (χ4n) is 0.0680. The molecule has 2 nitrogen and oxygen atoms in total. The minimum absolute atomic E-state index is 0.566. The van der Waals surface area contributed by atoms with Crippen molar-refractivity contribution in [3.8, 4) is 0 Å². The van der Waals surface area contributed by atoms with Crippen molar-refractivity contribution in [1.29, 1.82) is 0 Å². The largest absolute Gasteiger partial charge is 0.405 e. The van der Waals surface area contributed by atoms with Crippen LogP contribution in [-0.4, -0.2) is 6.54 Å². The summed E-state index contributed by atoms with van der Waals surface area (Å²) in [6.07, 6.45) is 1.51. The number of hydrogen-bond donors (Lipinski definition) is 2. The summed E-state index contributed by atoms with van der Waals surface area (Å²) < 4.78 is 0. The highest BCUT2D eigenvalue weighted by atomic mass is 14.6. The molecule has 0 aliphatic carbocycles. The van der Waals surface area contributed by atoms with E-state index in [0.717, 1.165) is 5.57 Å². The highest BCUT2D eigenvalue weighted by Crippen LogP contribution is 1.78. The van der Waals surface area contributed by atoms with Crippen LogP contribution in [0.3, 0.4) is 0 Å². The summed E-state index contributed by atoms with van der Waals surface area (Å²) in [5.74, 6) is 0. The zero-order valence-corrected chi connectivity index (χ0v) is 3.94. The lowest BCUT2D eigenvalue weighted by molar-refractivity contribution is 1.12. The van der Waals surface area contributed by atoms with Crippen LogP contribution in [0.25, 0.3) is 0 Å². The van der Waals surface area contributed by atoms with Crippen molar-refractivity contribution in [2.45, 2.75) is 6.92 Å². The van der Waals surface area contributed by atoms with E-state index in [1.165, 1.54) is 6.20 Å². The van der Waals surface area contributed by atoms with Crippen LogP contribution >= 0.6 is 0 Å². The normalized spacial score (nSPS) is 12.0. The molecule has 2 heteroatoms. The SMILES string of the molecule is CC(=CN)CN. The summed E-state index contributed by atoms with van der Waals surface area (Å²) in [6, 6.07) is 0. The van der Waals surface area contributed by atoms with Gasteiger partial charge in [-0.3, -0.25) is 0 Å². The summed E-state index contributed by atoms with van der Waals surface area (Å²) in [6.45, 7) is 2.45. The van der Waals surface area contributed by atoms with E-state index in [-0.39, 0.29) is 0 Å². The van der Waals surface area contributed by atoms with Crippen LogP contribution in [0.1, 0.15) is 6.92 Å². The lowest BCUT2D eigenvalue weighted by Crippen LogP contribution is -2.01. The number of rotatable bonds is 1. The van der Waals surface area contributed by atoms with Gasteiger partial charge in [0.1, 0.15) is 0 Å². The molecule has 0 radical (unpaired) electrons. The van der Waals surface area contributed by atoms with Gasteiger partial charge in [-0.25, -0.2) is 0 Å². The van der Waals surface area contributed by atoms with Crippen molar-refractivity contribution in [2.75, 3.05) is 6.54 Å². The Kier molecular flexibility index (Phi) is 2.50. The second kappa shape index (κ2) is 2.72. The molecular formula is C4H10N2. The fraction of sp³-hybridized carbons (Fsp3) is 0.500. The maximum atomic E-state index is 5.13. The van der Waals surface area contributed by atoms with Crippen molar-refractivity contribution >= 4 is 0 Å². The van der Waals surface area contributed by atoms with Gasteiger partial charge in [0, 0.05) is 6.54 Å². The van der Waals surface area contributed by atoms with Gasteiger partial charge in [-0.15, -0.1) is 0 Å². The Morgan fingerprint density at radius 2 is 2.33 bits per heavy atom. The van der Waals surface area contributed by atoms with E-state index in [4.69, 9.17) is 11.5 Å². The molecule has 0 unspecified atom stereocenters. The quantitative estimate of drug-likeness (QED) is 0.464. The van der Waals surface area contributed by atoms with Gasteiger partial charge in [0.05, 0.1) is 0 Å². The van der Waals surface area contributed by atoms with Gasteiger partial charge in [0.25, 0.3) is 0 Å². The number of nitrogens with two attached hydrogens (primary N) is 2. The Hall–Kier alpha value is -0.500. The van der Waals surface area contributed by atoms with Crippen LogP contribution < -0.4 is 11.5 Å². The summed E-state index contributed by atoms with van der Waals surface area (Å²) in [5.41, 5.74) is 11.2. The third-order valence-electron chi connectivity index (χ3n) is 0.606. The molecule has 0 saturated carbocycles. The Labute approximate surface area is 37.8 Å². The molecule has 0 aliphatic heterocycles. The third-order valence-corrected chi connectivity index (χ3v) is 0.606. The average Bonchev–Trinajstić information content (AvgIpc) is 1.65. The van der Waals surface area contributed by atoms with E-state index in [0.29, 0.717) is 6.54 Å². The minimum atomic E-state index is 0.566. The lowest BCUT2D eigenvalue weighted by Gasteiger charge is -1.85. The molecule has 0 rings (SSSR count). The lowest BCUT2D eigenvalue weighted by atomic mass is 10.3. The first-order valence-corrected chi connectivity index (χ1v) is 1.88. The zero-order valence-electron chi connectivity index (χ0n) is 3.94. The van der Waals surface area contributed by atoms with Crippen molar-refractivity contribution in [1.82, 2.24) is 0 Å². The van der Waals surface area contributed by atoms with Crippen molar-refractivity contribution in [2.24, 2.45) is 11.5 Å². The first-order valence-electron chi connectivity index (χ1n) is 1.88. The summed E-state index contributed by atoms with van der Waals surface area (Å²) in [5, 5.41) is 0. The van der Waals surface area contributed by atoms with E-state index in [9.17, 15) is 0 Å². The Balaban J connectivity index is 3.22. The summed E-state index contributed by atoms with van der Waals surface area (Å²) in [7, 11) is 0. The highest BCUT2D eigenvalue weighted by molar-refractivity contribution is 4.95. The van der Waals surface area contributed by atoms with Gasteiger partial charge < -0.3 is 11.5 Å². The van der Waals surface area contributed by atoms with Gasteiger partial charge in [0.2, 0.25) is 0 Å². The second-order valence-electron chi connectivity index (χ2n) is 1.22. The van der Waals surface area contributed by atoms with Crippen molar-refractivity contribution in [3.05, 3.63) is 11.8 Å². The predicted octanol–water partition coefficient (Wildman–Crippen LogP) is -0.192. The molecule has 0 atom stereocenters. The van der Waals surface area contributed by atoms with Crippen molar-refractivity contribution in [3.63, 3.8) is 0 Å². The molecule has 0 fully saturated rings. The molecule has 0 aromatic heterocycles. The third kappa shape index (κ3) is 1.79. The Morgan fingerprint density at radius 1 is 1.83 bits per heavy atom. The first kappa shape index (κ1) is 5.50. The monoisotopic (exact) mass is 86.1 g/mol. The van der Waals surface area contributed by atoms with Crippen LogP contribution in [0.15, 0.2) is 11.8 Å². The summed E-state index contributed by atoms with van der Waals surface area (Å²) >= 11 is 0. The molecule has 6 heavy (non-hydrogen) atoms. The average molecular weight is 86.1 g/mol. The topological polar surface area (TPSA) is 52.0 Å². The molecule has 4 N–H and O–H groups in total. The minimum Gasteiger partial charge on any atom is -0.405 e. The smallest absolute Gasteiger partial charge is 0.0151 e. The van der Waals surface area contributed by atoms with Crippen LogP contribution in [0, 0.1) is 0 Å². The van der Waals surface area contributed by atoms with E-state index in [1.54, 1.807) is 0 Å². The van der Waals surface area contributed by atoms with Crippen LogP contribution in [0.5, 0.6) is 0 Å². The summed E-state index contributed by atoms with van der Waals surface area (Å²) in [4.78, 5) is 0. The maximum Gasteiger partial charge on any atom is 0.0151 e. The predicted molar refractivity (Wildman–Crippen MR) is 27.0 cm³/mol. The molecule has 0 aliphatic rings. The molecule has 0 amide bonds. The van der Waals surface area contributed by atoms with Crippen LogP contribution in [0.4, 0.5) is 0 Å². The second-order valence-corrected chi connectivity index (χ2v) is 1.22. The highest BCUT2D eigenvalue weighted by Gasteiger charge is 1.73. The fourth-order valence-corrected chi connectivity index (χ4v) is 0.0680. The maximum absolute atomic E-state index is 5.13. The molecule has 0 spiro atoms. The standard InChI is InChI=1S/C4H10N2/c1-4(2-5)3-6/h2H,3,5-6H2,1H3. The van der Waals surface area contributed by atoms with Crippen LogP contribution in [-0.2, 0) is 0 Å². The molecule has 0 bridgehead atoms. The molecule has 36 valence electrons. The molecule has 0 heterocycles. The molecular weight excluding hydrogens is 76.1 g/mol. The van der Waals surface area contributed by atoms with E-state index < -0.39 is 0 Å². The van der Waals surface area contributed by atoms with Crippen molar-refractivity contribution < 1.29 is 0 Å². The van der Waals surface area contributed by atoms with E-state index in [2.05, 4.69) is 0 Å². The van der Waals surface area contributed by atoms with Gasteiger partial charge in [-0.2, -0.15) is 0 Å². The first-order chi connectivity index (χ1) is 2.81. The van der Waals surface area contributed by atoms with E-state index >= 15 is 0 Å². The van der Waals surface area contributed by atoms with Crippen LogP contribution in [0.2, 0.25) is 0 Å². The van der Waals surface area contributed by atoms with E-state index in [1.807, 2.05) is 6.92 Å². The van der Waals surface area contributed by atoms with Gasteiger partial charge in [-0.05, 0) is 18.7 Å². The molecule has 0 saturated heterocycles. The Bertz CT molecular complexity index is 56.6.